The molecule has 1 heterocycles. The van der Waals surface area contributed by atoms with Crippen LogP contribution in [0.5, 0.6) is 0 Å². The number of carbonyl (C=O) groups is 2. The molecule has 0 aliphatic carbocycles. The molecule has 0 radical (unpaired) electrons. The number of halogens is 1. The highest BCUT2D eigenvalue weighted by Crippen LogP contribution is 2.27. The average Bonchev–Trinajstić information content (AvgIpc) is 2.83. The molecule has 1 aliphatic rings. The molecule has 0 saturated carbocycles. The van der Waals surface area contributed by atoms with E-state index in [1.54, 1.807) is 30.3 Å². The fourth-order valence-electron chi connectivity index (χ4n) is 2.43. The van der Waals surface area contributed by atoms with E-state index in [4.69, 9.17) is 0 Å². The number of para-hydroxylation sites is 1. The van der Waals surface area contributed by atoms with Crippen LogP contribution in [0.3, 0.4) is 0 Å². The zero-order chi connectivity index (χ0) is 15.7. The molecule has 1 atom stereocenters. The largest absolute Gasteiger partial charge is 0.288 e. The second-order valence-electron chi connectivity index (χ2n) is 4.94. The molecule has 1 aliphatic heterocycles. The van der Waals surface area contributed by atoms with Crippen molar-refractivity contribution in [2.24, 2.45) is 0 Å². The van der Waals surface area contributed by atoms with Gasteiger partial charge < -0.3 is 0 Å². The molecule has 5 nitrogen and oxygen atoms in total. The monoisotopic (exact) mass is 300 g/mol. The summed E-state index contributed by atoms with van der Waals surface area (Å²) in [5.74, 6) is -1.42. The molecule has 0 spiro atoms. The number of amides is 2. The van der Waals surface area contributed by atoms with E-state index >= 15 is 0 Å². The smallest absolute Gasteiger partial charge is 0.259 e. The minimum atomic E-state index is -0.986. The SMILES string of the molecule is O=C1C[C@H](N(O)c2ccccc2)C(=O)N1c1ccc(F)cc1. The fraction of sp³-hybridized carbons (Fsp3) is 0.125. The van der Waals surface area contributed by atoms with Crippen molar-refractivity contribution in [2.75, 3.05) is 9.96 Å². The van der Waals surface area contributed by atoms with Crippen molar-refractivity contribution >= 4 is 23.2 Å². The Morgan fingerprint density at radius 3 is 2.32 bits per heavy atom. The van der Waals surface area contributed by atoms with Crippen LogP contribution >= 0.6 is 0 Å². The highest BCUT2D eigenvalue weighted by atomic mass is 19.1. The van der Waals surface area contributed by atoms with Gasteiger partial charge in [0.2, 0.25) is 5.91 Å². The summed E-state index contributed by atoms with van der Waals surface area (Å²) in [6, 6.07) is 12.6. The fourth-order valence-corrected chi connectivity index (χ4v) is 2.43. The lowest BCUT2D eigenvalue weighted by atomic mass is 10.2. The van der Waals surface area contributed by atoms with Gasteiger partial charge in [0.05, 0.1) is 17.8 Å². The van der Waals surface area contributed by atoms with Crippen LogP contribution < -0.4 is 9.96 Å². The maximum absolute atomic E-state index is 13.0. The van der Waals surface area contributed by atoms with Gasteiger partial charge in [0.1, 0.15) is 11.9 Å². The lowest BCUT2D eigenvalue weighted by Gasteiger charge is -2.22. The summed E-state index contributed by atoms with van der Waals surface area (Å²) in [7, 11) is 0. The Balaban J connectivity index is 1.87. The number of imide groups is 1. The van der Waals surface area contributed by atoms with Gasteiger partial charge in [0.25, 0.3) is 5.91 Å². The molecule has 1 fully saturated rings. The van der Waals surface area contributed by atoms with Gasteiger partial charge in [-0.05, 0) is 36.4 Å². The Morgan fingerprint density at radius 2 is 1.68 bits per heavy atom. The van der Waals surface area contributed by atoms with Gasteiger partial charge in [0, 0.05) is 0 Å². The Labute approximate surface area is 126 Å². The predicted molar refractivity (Wildman–Crippen MR) is 78.0 cm³/mol. The molecule has 1 N–H and O–H groups in total. The van der Waals surface area contributed by atoms with Crippen molar-refractivity contribution in [3.05, 3.63) is 60.4 Å². The van der Waals surface area contributed by atoms with Gasteiger partial charge in [-0.1, -0.05) is 18.2 Å². The van der Waals surface area contributed by atoms with Crippen LogP contribution in [0.1, 0.15) is 6.42 Å². The maximum atomic E-state index is 13.0. The summed E-state index contributed by atoms with van der Waals surface area (Å²) in [5, 5.41) is 11.0. The van der Waals surface area contributed by atoms with Crippen molar-refractivity contribution < 1.29 is 19.2 Å². The molecule has 2 aromatic carbocycles. The van der Waals surface area contributed by atoms with Crippen LogP contribution in [0, 0.1) is 5.82 Å². The third-order valence-corrected chi connectivity index (χ3v) is 3.52. The highest BCUT2D eigenvalue weighted by molar-refractivity contribution is 6.23. The van der Waals surface area contributed by atoms with Crippen molar-refractivity contribution in [2.45, 2.75) is 12.5 Å². The van der Waals surface area contributed by atoms with Crippen LogP contribution in [0.4, 0.5) is 15.8 Å². The van der Waals surface area contributed by atoms with Gasteiger partial charge in [-0.25, -0.2) is 14.4 Å². The summed E-state index contributed by atoms with van der Waals surface area (Å²) < 4.78 is 13.0. The van der Waals surface area contributed by atoms with Crippen molar-refractivity contribution in [1.29, 1.82) is 0 Å². The van der Waals surface area contributed by atoms with E-state index in [-0.39, 0.29) is 6.42 Å². The normalized spacial score (nSPS) is 17.9. The first-order valence-corrected chi connectivity index (χ1v) is 6.73. The lowest BCUT2D eigenvalue weighted by Crippen LogP contribution is -2.40. The summed E-state index contributed by atoms with van der Waals surface area (Å²) in [6.07, 6.45) is -0.137. The Kier molecular flexibility index (Phi) is 3.60. The average molecular weight is 300 g/mol. The second-order valence-corrected chi connectivity index (χ2v) is 4.94. The molecular formula is C16H13FN2O3. The van der Waals surface area contributed by atoms with Crippen molar-refractivity contribution in [3.8, 4) is 0 Å². The van der Waals surface area contributed by atoms with Crippen LogP contribution in [-0.2, 0) is 9.59 Å². The first-order chi connectivity index (χ1) is 10.6. The van der Waals surface area contributed by atoms with E-state index in [1.165, 1.54) is 24.3 Å². The molecule has 0 unspecified atom stereocenters. The van der Waals surface area contributed by atoms with Gasteiger partial charge >= 0.3 is 0 Å². The van der Waals surface area contributed by atoms with E-state index in [9.17, 15) is 19.2 Å². The van der Waals surface area contributed by atoms with Crippen LogP contribution in [0.25, 0.3) is 0 Å². The Morgan fingerprint density at radius 1 is 1.05 bits per heavy atom. The summed E-state index contributed by atoms with van der Waals surface area (Å²) in [4.78, 5) is 25.5. The Bertz CT molecular complexity index is 703. The summed E-state index contributed by atoms with van der Waals surface area (Å²) in [6.45, 7) is 0. The van der Waals surface area contributed by atoms with Gasteiger partial charge in [0.15, 0.2) is 0 Å². The van der Waals surface area contributed by atoms with Gasteiger partial charge in [-0.3, -0.25) is 14.8 Å². The van der Waals surface area contributed by atoms with E-state index < -0.39 is 23.7 Å². The van der Waals surface area contributed by atoms with Crippen molar-refractivity contribution in [3.63, 3.8) is 0 Å². The molecule has 0 aromatic heterocycles. The number of nitrogens with zero attached hydrogens (tertiary/aromatic N) is 2. The molecular weight excluding hydrogens is 287 g/mol. The van der Waals surface area contributed by atoms with E-state index in [2.05, 4.69) is 0 Å². The summed E-state index contributed by atoms with van der Waals surface area (Å²) in [5.41, 5.74) is 0.718. The molecule has 112 valence electrons. The van der Waals surface area contributed by atoms with Crippen LogP contribution in [0.15, 0.2) is 54.6 Å². The first kappa shape index (κ1) is 14.2. The first-order valence-electron chi connectivity index (χ1n) is 6.73. The third-order valence-electron chi connectivity index (χ3n) is 3.52. The minimum absolute atomic E-state index is 0.137. The number of rotatable bonds is 3. The van der Waals surface area contributed by atoms with E-state index in [0.717, 1.165) is 9.96 Å². The number of anilines is 2. The molecule has 2 amide bonds. The van der Waals surface area contributed by atoms with Crippen molar-refractivity contribution in [1.82, 2.24) is 0 Å². The standard InChI is InChI=1S/C16H13FN2O3/c17-11-6-8-12(9-7-11)18-15(20)10-14(16(18)21)19(22)13-4-2-1-3-5-13/h1-9,14,22H,10H2/t14-/m0/s1. The zero-order valence-electron chi connectivity index (χ0n) is 11.5. The van der Waals surface area contributed by atoms with Crippen LogP contribution in [-0.4, -0.2) is 23.1 Å². The quantitative estimate of drug-likeness (QED) is 0.698. The Hall–Kier alpha value is -2.73. The lowest BCUT2D eigenvalue weighted by molar-refractivity contribution is -0.121. The predicted octanol–water partition coefficient (Wildman–Crippen LogP) is 2.35. The minimum Gasteiger partial charge on any atom is -0.288 e. The third kappa shape index (κ3) is 2.44. The number of hydroxylamine groups is 1. The molecule has 3 rings (SSSR count). The molecule has 1 saturated heterocycles. The molecule has 2 aromatic rings. The highest BCUT2D eigenvalue weighted by Gasteiger charge is 2.43. The zero-order valence-corrected chi connectivity index (χ0v) is 11.5. The van der Waals surface area contributed by atoms with Gasteiger partial charge in [-0.2, -0.15) is 0 Å². The topological polar surface area (TPSA) is 60.9 Å². The second kappa shape index (κ2) is 5.57. The maximum Gasteiger partial charge on any atom is 0.259 e. The number of carbonyl (C=O) groups excluding carboxylic acids is 2. The number of hydrogen-bond donors (Lipinski definition) is 1. The summed E-state index contributed by atoms with van der Waals surface area (Å²) >= 11 is 0. The molecule has 6 heteroatoms. The van der Waals surface area contributed by atoms with Crippen LogP contribution in [0.2, 0.25) is 0 Å². The number of benzene rings is 2. The van der Waals surface area contributed by atoms with E-state index in [0.29, 0.717) is 11.4 Å². The molecule has 22 heavy (non-hydrogen) atoms. The van der Waals surface area contributed by atoms with Gasteiger partial charge in [-0.15, -0.1) is 0 Å². The molecule has 0 bridgehead atoms. The number of hydrogen-bond acceptors (Lipinski definition) is 4. The van der Waals surface area contributed by atoms with E-state index in [1.807, 2.05) is 0 Å².